The average molecular weight is 257 g/mol. The van der Waals surface area contributed by atoms with Crippen molar-refractivity contribution in [3.63, 3.8) is 0 Å². The number of carbonyl (C=O) groups is 1. The van der Waals surface area contributed by atoms with Crippen molar-refractivity contribution in [2.75, 3.05) is 5.32 Å². The van der Waals surface area contributed by atoms with Gasteiger partial charge in [0.25, 0.3) is 0 Å². The molecule has 0 radical (unpaired) electrons. The van der Waals surface area contributed by atoms with Gasteiger partial charge in [-0.25, -0.2) is 4.39 Å². The molecule has 0 fully saturated rings. The monoisotopic (exact) mass is 257 g/mol. The molecular weight excluding hydrogens is 245 g/mol. The lowest BCUT2D eigenvalue weighted by Crippen LogP contribution is -2.07. The summed E-state index contributed by atoms with van der Waals surface area (Å²) in [6, 6.07) is 13.4. The van der Waals surface area contributed by atoms with Crippen LogP contribution in [-0.2, 0) is 4.79 Å². The number of rotatable bonds is 3. The predicted molar refractivity (Wildman–Crippen MR) is 71.3 cm³/mol. The van der Waals surface area contributed by atoms with Crippen LogP contribution in [0, 0.1) is 5.82 Å². The molecule has 96 valence electrons. The normalized spacial score (nSPS) is 10.6. The summed E-state index contributed by atoms with van der Waals surface area (Å²) >= 11 is 0. The highest BCUT2D eigenvalue weighted by Gasteiger charge is 2.04. The van der Waals surface area contributed by atoms with Gasteiger partial charge >= 0.3 is 0 Å². The molecule has 4 nitrogen and oxygen atoms in total. The van der Waals surface area contributed by atoms with E-state index in [0.29, 0.717) is 11.4 Å². The van der Waals surface area contributed by atoms with E-state index in [1.54, 1.807) is 0 Å². The Hall–Kier alpha value is -2.56. The Labute approximate surface area is 110 Å². The van der Waals surface area contributed by atoms with Crippen LogP contribution in [0.1, 0.15) is 6.92 Å². The second kappa shape index (κ2) is 5.86. The molecule has 0 atom stereocenters. The maximum atomic E-state index is 13.4. The molecule has 1 N–H and O–H groups in total. The third-order valence-corrected chi connectivity index (χ3v) is 2.30. The molecule has 0 aliphatic rings. The van der Waals surface area contributed by atoms with Gasteiger partial charge in [-0.1, -0.05) is 18.2 Å². The van der Waals surface area contributed by atoms with Gasteiger partial charge in [0.2, 0.25) is 5.91 Å². The van der Waals surface area contributed by atoms with Crippen LogP contribution in [0.25, 0.3) is 0 Å². The van der Waals surface area contributed by atoms with Gasteiger partial charge in [-0.2, -0.15) is 10.2 Å². The zero-order valence-corrected chi connectivity index (χ0v) is 10.3. The Morgan fingerprint density at radius 2 is 1.74 bits per heavy atom. The fourth-order valence-corrected chi connectivity index (χ4v) is 1.47. The van der Waals surface area contributed by atoms with Gasteiger partial charge in [0.1, 0.15) is 5.82 Å². The van der Waals surface area contributed by atoms with Crippen molar-refractivity contribution in [3.8, 4) is 0 Å². The van der Waals surface area contributed by atoms with Crippen LogP contribution < -0.4 is 5.32 Å². The van der Waals surface area contributed by atoms with Gasteiger partial charge in [-0.3, -0.25) is 4.79 Å². The molecule has 0 aliphatic heterocycles. The Morgan fingerprint density at radius 1 is 1.05 bits per heavy atom. The number of anilines is 1. The van der Waals surface area contributed by atoms with Crippen molar-refractivity contribution >= 4 is 23.0 Å². The van der Waals surface area contributed by atoms with Crippen LogP contribution in [0.2, 0.25) is 0 Å². The average Bonchev–Trinajstić information content (AvgIpc) is 2.40. The number of amides is 1. The SMILES string of the molecule is CC(=O)Nc1cc(/N=N/c2ccccc2)ccc1F. The van der Waals surface area contributed by atoms with E-state index in [-0.39, 0.29) is 11.6 Å². The third-order valence-electron chi connectivity index (χ3n) is 2.30. The molecule has 0 spiro atoms. The van der Waals surface area contributed by atoms with E-state index in [1.807, 2.05) is 30.3 Å². The predicted octanol–water partition coefficient (Wildman–Crippen LogP) is 4.20. The van der Waals surface area contributed by atoms with Crippen molar-refractivity contribution in [2.24, 2.45) is 10.2 Å². The molecule has 0 heterocycles. The van der Waals surface area contributed by atoms with Crippen molar-refractivity contribution in [2.45, 2.75) is 6.92 Å². The van der Waals surface area contributed by atoms with Crippen molar-refractivity contribution in [1.29, 1.82) is 0 Å². The maximum Gasteiger partial charge on any atom is 0.221 e. The molecule has 0 bridgehead atoms. The molecule has 0 unspecified atom stereocenters. The largest absolute Gasteiger partial charge is 0.324 e. The van der Waals surface area contributed by atoms with Crippen LogP contribution in [0.5, 0.6) is 0 Å². The van der Waals surface area contributed by atoms with Gasteiger partial charge in [0.15, 0.2) is 0 Å². The van der Waals surface area contributed by atoms with E-state index in [4.69, 9.17) is 0 Å². The van der Waals surface area contributed by atoms with E-state index < -0.39 is 5.82 Å². The number of benzene rings is 2. The summed E-state index contributed by atoms with van der Waals surface area (Å²) in [5.41, 5.74) is 1.26. The Balaban J connectivity index is 2.21. The van der Waals surface area contributed by atoms with Crippen LogP contribution in [0.3, 0.4) is 0 Å². The lowest BCUT2D eigenvalue weighted by molar-refractivity contribution is -0.114. The number of nitrogens with one attached hydrogen (secondary N) is 1. The molecule has 2 rings (SSSR count). The van der Waals surface area contributed by atoms with Gasteiger partial charge < -0.3 is 5.32 Å². The van der Waals surface area contributed by atoms with E-state index in [9.17, 15) is 9.18 Å². The molecule has 0 saturated carbocycles. The molecular formula is C14H12FN3O. The maximum absolute atomic E-state index is 13.4. The first-order chi connectivity index (χ1) is 9.15. The number of carbonyl (C=O) groups excluding carboxylic acids is 1. The van der Waals surface area contributed by atoms with E-state index in [0.717, 1.165) is 0 Å². The summed E-state index contributed by atoms with van der Waals surface area (Å²) in [4.78, 5) is 10.9. The second-order valence-corrected chi connectivity index (χ2v) is 3.88. The number of azo groups is 1. The molecule has 2 aromatic rings. The molecule has 5 heteroatoms. The Bertz CT molecular complexity index is 611. The Kier molecular flexibility index (Phi) is 3.97. The summed E-state index contributed by atoms with van der Waals surface area (Å²) in [6.07, 6.45) is 0. The lowest BCUT2D eigenvalue weighted by Gasteiger charge is -2.03. The van der Waals surface area contributed by atoms with Crippen molar-refractivity contribution in [3.05, 3.63) is 54.3 Å². The van der Waals surface area contributed by atoms with Crippen molar-refractivity contribution in [1.82, 2.24) is 0 Å². The smallest absolute Gasteiger partial charge is 0.221 e. The second-order valence-electron chi connectivity index (χ2n) is 3.88. The lowest BCUT2D eigenvalue weighted by atomic mass is 10.2. The number of halogens is 1. The summed E-state index contributed by atoms with van der Waals surface area (Å²) in [7, 11) is 0. The van der Waals surface area contributed by atoms with Gasteiger partial charge in [-0.15, -0.1) is 0 Å². The molecule has 0 aliphatic carbocycles. The van der Waals surface area contributed by atoms with E-state index in [2.05, 4.69) is 15.5 Å². The van der Waals surface area contributed by atoms with Gasteiger partial charge in [-0.05, 0) is 30.3 Å². The summed E-state index contributed by atoms with van der Waals surface area (Å²) < 4.78 is 13.4. The highest BCUT2D eigenvalue weighted by atomic mass is 19.1. The van der Waals surface area contributed by atoms with Crippen LogP contribution in [0.4, 0.5) is 21.5 Å². The minimum Gasteiger partial charge on any atom is -0.324 e. The van der Waals surface area contributed by atoms with Crippen molar-refractivity contribution < 1.29 is 9.18 Å². The molecule has 2 aromatic carbocycles. The molecule has 0 aromatic heterocycles. The topological polar surface area (TPSA) is 53.8 Å². The molecule has 19 heavy (non-hydrogen) atoms. The fourth-order valence-electron chi connectivity index (χ4n) is 1.47. The van der Waals surface area contributed by atoms with Crippen LogP contribution >= 0.6 is 0 Å². The first kappa shape index (κ1) is 12.9. The summed E-state index contributed by atoms with van der Waals surface area (Å²) in [5.74, 6) is -0.843. The number of hydrogen-bond acceptors (Lipinski definition) is 3. The molecule has 1 amide bonds. The van der Waals surface area contributed by atoms with Crippen LogP contribution in [-0.4, -0.2) is 5.91 Å². The first-order valence-corrected chi connectivity index (χ1v) is 5.69. The fraction of sp³-hybridized carbons (Fsp3) is 0.0714. The zero-order chi connectivity index (χ0) is 13.7. The number of hydrogen-bond donors (Lipinski definition) is 1. The molecule has 0 saturated heterocycles. The van der Waals surface area contributed by atoms with E-state index in [1.165, 1.54) is 25.1 Å². The van der Waals surface area contributed by atoms with Crippen LogP contribution in [0.15, 0.2) is 58.8 Å². The highest BCUT2D eigenvalue weighted by Crippen LogP contribution is 2.23. The first-order valence-electron chi connectivity index (χ1n) is 5.69. The van der Waals surface area contributed by atoms with Gasteiger partial charge in [0.05, 0.1) is 17.1 Å². The summed E-state index contributed by atoms with van der Waals surface area (Å²) in [5, 5.41) is 10.4. The number of nitrogens with zero attached hydrogens (tertiary/aromatic N) is 2. The van der Waals surface area contributed by atoms with E-state index >= 15 is 0 Å². The standard InChI is InChI=1S/C14H12FN3O/c1-10(19)16-14-9-12(7-8-13(14)15)18-17-11-5-3-2-4-6-11/h2-9H,1H3,(H,16,19)/b18-17+. The Morgan fingerprint density at radius 3 is 2.42 bits per heavy atom. The third kappa shape index (κ3) is 3.70. The van der Waals surface area contributed by atoms with Gasteiger partial charge in [0, 0.05) is 6.92 Å². The zero-order valence-electron chi connectivity index (χ0n) is 10.3. The minimum atomic E-state index is -0.506. The minimum absolute atomic E-state index is 0.0945. The summed E-state index contributed by atoms with van der Waals surface area (Å²) in [6.45, 7) is 1.32. The highest BCUT2D eigenvalue weighted by molar-refractivity contribution is 5.89. The quantitative estimate of drug-likeness (QED) is 0.823.